The van der Waals surface area contributed by atoms with Crippen LogP contribution in [0.3, 0.4) is 0 Å². The van der Waals surface area contributed by atoms with E-state index >= 15 is 0 Å². The van der Waals surface area contributed by atoms with Gasteiger partial charge in [-0.1, -0.05) is 22.0 Å². The molecule has 0 amide bonds. The summed E-state index contributed by atoms with van der Waals surface area (Å²) < 4.78 is 1.08. The molecule has 0 aromatic heterocycles. The molecule has 2 nitrogen and oxygen atoms in total. The van der Waals surface area contributed by atoms with Gasteiger partial charge in [0.1, 0.15) is 0 Å². The average molecular weight is 258 g/mol. The predicted octanol–water partition coefficient (Wildman–Crippen LogP) is 2.45. The molecule has 1 aromatic carbocycles. The molecule has 1 atom stereocenters. The highest BCUT2D eigenvalue weighted by atomic mass is 79.9. The number of hydrogen-bond acceptors (Lipinski definition) is 2. The van der Waals surface area contributed by atoms with Crippen LogP contribution in [0.5, 0.6) is 0 Å². The van der Waals surface area contributed by atoms with Gasteiger partial charge >= 0.3 is 0 Å². The third kappa shape index (κ3) is 2.35. The van der Waals surface area contributed by atoms with Crippen molar-refractivity contribution in [2.45, 2.75) is 26.4 Å². The summed E-state index contributed by atoms with van der Waals surface area (Å²) in [5.41, 5.74) is 8.72. The van der Waals surface area contributed by atoms with Crippen LogP contribution in [0.4, 0.5) is 0 Å². The van der Waals surface area contributed by atoms with Crippen molar-refractivity contribution in [3.63, 3.8) is 0 Å². The van der Waals surface area contributed by atoms with E-state index in [-0.39, 0.29) is 0 Å². The van der Waals surface area contributed by atoms with Crippen molar-refractivity contribution in [3.05, 3.63) is 33.3 Å². The van der Waals surface area contributed by atoms with Crippen molar-refractivity contribution in [2.24, 2.45) is 5.73 Å². The Morgan fingerprint density at radius 1 is 1.36 bits per heavy atom. The molecule has 0 aliphatic rings. The molecule has 0 aliphatic carbocycles. The van der Waals surface area contributed by atoms with E-state index in [2.05, 4.69) is 15.9 Å². The Morgan fingerprint density at radius 3 is 2.57 bits per heavy atom. The van der Waals surface area contributed by atoms with E-state index in [9.17, 15) is 5.11 Å². The Bertz CT molecular complexity index is 325. The fraction of sp³-hybridized carbons (Fsp3) is 0.455. The quantitative estimate of drug-likeness (QED) is 0.874. The van der Waals surface area contributed by atoms with E-state index < -0.39 is 6.10 Å². The fourth-order valence-electron chi connectivity index (χ4n) is 1.48. The fourth-order valence-corrected chi connectivity index (χ4v) is 1.91. The van der Waals surface area contributed by atoms with E-state index in [1.165, 1.54) is 5.56 Å². The molecule has 0 radical (unpaired) electrons. The van der Waals surface area contributed by atoms with E-state index in [0.29, 0.717) is 13.0 Å². The van der Waals surface area contributed by atoms with Crippen LogP contribution in [0.2, 0.25) is 0 Å². The van der Waals surface area contributed by atoms with Crippen LogP contribution in [-0.4, -0.2) is 11.7 Å². The molecule has 78 valence electrons. The monoisotopic (exact) mass is 257 g/mol. The second kappa shape index (κ2) is 4.91. The number of rotatable bonds is 3. The zero-order valence-electron chi connectivity index (χ0n) is 8.55. The highest BCUT2D eigenvalue weighted by Gasteiger charge is 2.11. The standard InChI is InChI=1S/C11H16BrNO/c1-7-8(2)10(12)4-3-9(7)11(14)5-6-13/h3-4,11,14H,5-6,13H2,1-2H3. The first-order chi connectivity index (χ1) is 6.57. The summed E-state index contributed by atoms with van der Waals surface area (Å²) in [5, 5.41) is 9.82. The highest BCUT2D eigenvalue weighted by Crippen LogP contribution is 2.27. The SMILES string of the molecule is Cc1c(Br)ccc(C(O)CCN)c1C. The van der Waals surface area contributed by atoms with E-state index in [1.54, 1.807) is 0 Å². The summed E-state index contributed by atoms with van der Waals surface area (Å²) in [7, 11) is 0. The normalized spacial score (nSPS) is 12.9. The lowest BCUT2D eigenvalue weighted by molar-refractivity contribution is 0.169. The van der Waals surface area contributed by atoms with Crippen LogP contribution in [0, 0.1) is 13.8 Å². The van der Waals surface area contributed by atoms with Crippen LogP contribution >= 0.6 is 15.9 Å². The molecule has 0 bridgehead atoms. The lowest BCUT2D eigenvalue weighted by atomic mass is 9.97. The largest absolute Gasteiger partial charge is 0.388 e. The van der Waals surface area contributed by atoms with Crippen LogP contribution in [0.15, 0.2) is 16.6 Å². The minimum absolute atomic E-state index is 0.438. The number of halogens is 1. The molecule has 1 aromatic rings. The average Bonchev–Trinajstić information content (AvgIpc) is 2.15. The zero-order chi connectivity index (χ0) is 10.7. The van der Waals surface area contributed by atoms with Gasteiger partial charge in [-0.2, -0.15) is 0 Å². The Labute approximate surface area is 93.3 Å². The lowest BCUT2D eigenvalue weighted by Gasteiger charge is -2.15. The van der Waals surface area contributed by atoms with E-state index in [1.807, 2.05) is 26.0 Å². The Hall–Kier alpha value is -0.380. The predicted molar refractivity (Wildman–Crippen MR) is 62.2 cm³/mol. The van der Waals surface area contributed by atoms with Crippen molar-refractivity contribution in [2.75, 3.05) is 6.54 Å². The first kappa shape index (κ1) is 11.7. The summed E-state index contributed by atoms with van der Waals surface area (Å²) in [5.74, 6) is 0. The maximum absolute atomic E-state index is 9.82. The molecule has 0 heterocycles. The van der Waals surface area contributed by atoms with E-state index in [4.69, 9.17) is 5.73 Å². The smallest absolute Gasteiger partial charge is 0.0804 e. The van der Waals surface area contributed by atoms with Crippen molar-refractivity contribution in [3.8, 4) is 0 Å². The molecule has 0 spiro atoms. The molecule has 1 unspecified atom stereocenters. The van der Waals surface area contributed by atoms with Gasteiger partial charge in [0.05, 0.1) is 6.10 Å². The van der Waals surface area contributed by atoms with Gasteiger partial charge in [-0.3, -0.25) is 0 Å². The third-order valence-electron chi connectivity index (χ3n) is 2.56. The molecule has 0 aliphatic heterocycles. The molecular formula is C11H16BrNO. The molecule has 0 saturated heterocycles. The van der Waals surface area contributed by atoms with Gasteiger partial charge in [0.15, 0.2) is 0 Å². The topological polar surface area (TPSA) is 46.2 Å². The van der Waals surface area contributed by atoms with Gasteiger partial charge in [-0.05, 0) is 49.6 Å². The molecule has 0 fully saturated rings. The number of nitrogens with two attached hydrogens (primary N) is 1. The minimum atomic E-state index is -0.438. The van der Waals surface area contributed by atoms with Gasteiger partial charge in [-0.15, -0.1) is 0 Å². The molecule has 3 N–H and O–H groups in total. The van der Waals surface area contributed by atoms with Crippen molar-refractivity contribution >= 4 is 15.9 Å². The summed E-state index contributed by atoms with van der Waals surface area (Å²) >= 11 is 3.46. The molecule has 14 heavy (non-hydrogen) atoms. The van der Waals surface area contributed by atoms with Crippen LogP contribution in [0.1, 0.15) is 29.2 Å². The van der Waals surface area contributed by atoms with Crippen LogP contribution < -0.4 is 5.73 Å². The number of aliphatic hydroxyl groups excluding tert-OH is 1. The number of benzene rings is 1. The summed E-state index contributed by atoms with van der Waals surface area (Å²) in [6.45, 7) is 4.57. The van der Waals surface area contributed by atoms with Crippen LogP contribution in [-0.2, 0) is 0 Å². The summed E-state index contributed by atoms with van der Waals surface area (Å²) in [6, 6.07) is 3.92. The van der Waals surface area contributed by atoms with Crippen molar-refractivity contribution in [1.29, 1.82) is 0 Å². The zero-order valence-corrected chi connectivity index (χ0v) is 10.1. The molecule has 0 saturated carbocycles. The Balaban J connectivity index is 3.04. The van der Waals surface area contributed by atoms with E-state index in [0.717, 1.165) is 15.6 Å². The highest BCUT2D eigenvalue weighted by molar-refractivity contribution is 9.10. The second-order valence-electron chi connectivity index (χ2n) is 3.48. The summed E-state index contributed by atoms with van der Waals surface area (Å²) in [6.07, 6.45) is 0.175. The van der Waals surface area contributed by atoms with Gasteiger partial charge in [0.25, 0.3) is 0 Å². The first-order valence-electron chi connectivity index (χ1n) is 4.71. The van der Waals surface area contributed by atoms with Gasteiger partial charge in [-0.25, -0.2) is 0 Å². The summed E-state index contributed by atoms with van der Waals surface area (Å²) in [4.78, 5) is 0. The third-order valence-corrected chi connectivity index (χ3v) is 3.42. The number of aliphatic hydroxyl groups is 1. The Kier molecular flexibility index (Phi) is 4.11. The van der Waals surface area contributed by atoms with Gasteiger partial charge < -0.3 is 10.8 Å². The second-order valence-corrected chi connectivity index (χ2v) is 4.33. The number of hydrogen-bond donors (Lipinski definition) is 2. The van der Waals surface area contributed by atoms with Crippen molar-refractivity contribution < 1.29 is 5.11 Å². The molecular weight excluding hydrogens is 242 g/mol. The molecule has 3 heteroatoms. The van der Waals surface area contributed by atoms with Gasteiger partial charge in [0.2, 0.25) is 0 Å². The van der Waals surface area contributed by atoms with Gasteiger partial charge in [0, 0.05) is 4.47 Å². The minimum Gasteiger partial charge on any atom is -0.388 e. The Morgan fingerprint density at radius 2 is 2.00 bits per heavy atom. The maximum atomic E-state index is 9.82. The van der Waals surface area contributed by atoms with Crippen LogP contribution in [0.25, 0.3) is 0 Å². The van der Waals surface area contributed by atoms with Crippen molar-refractivity contribution in [1.82, 2.24) is 0 Å². The maximum Gasteiger partial charge on any atom is 0.0804 e. The molecule has 1 rings (SSSR count). The first-order valence-corrected chi connectivity index (χ1v) is 5.51. The lowest BCUT2D eigenvalue weighted by Crippen LogP contribution is -2.08.